The highest BCUT2D eigenvalue weighted by atomic mass is 35.5. The number of aliphatic hydroxyl groups is 1. The van der Waals surface area contributed by atoms with Crippen LogP contribution in [0.25, 0.3) is 0 Å². The summed E-state index contributed by atoms with van der Waals surface area (Å²) in [6.45, 7) is 3.10. The number of aliphatic carboxylic acids is 1. The lowest BCUT2D eigenvalue weighted by Gasteiger charge is -2.31. The lowest BCUT2D eigenvalue weighted by molar-refractivity contribution is -0.192. The molecule has 3 N–H and O–H groups in total. The highest BCUT2D eigenvalue weighted by molar-refractivity contribution is 6.30. The topological polar surface area (TPSA) is 78.8 Å². The monoisotopic (exact) mass is 369 g/mol. The van der Waals surface area contributed by atoms with Crippen molar-refractivity contribution in [3.8, 4) is 0 Å². The van der Waals surface area contributed by atoms with E-state index in [4.69, 9.17) is 26.2 Å². The normalized spacial score (nSPS) is 22.2. The Morgan fingerprint density at radius 1 is 1.42 bits per heavy atom. The molecule has 1 aliphatic heterocycles. The average molecular weight is 370 g/mol. The molecule has 1 aromatic carbocycles. The van der Waals surface area contributed by atoms with Crippen molar-refractivity contribution in [1.82, 2.24) is 5.32 Å². The first-order valence-electron chi connectivity index (χ1n) is 7.17. The summed E-state index contributed by atoms with van der Waals surface area (Å²) in [6.07, 6.45) is -4.67. The van der Waals surface area contributed by atoms with Crippen LogP contribution in [0, 0.1) is 0 Å². The molecule has 24 heavy (non-hydrogen) atoms. The number of aliphatic hydroxyl groups excluding tert-OH is 1. The summed E-state index contributed by atoms with van der Waals surface area (Å²) >= 11 is 5.84. The van der Waals surface area contributed by atoms with Gasteiger partial charge in [0.15, 0.2) is 0 Å². The lowest BCUT2D eigenvalue weighted by Crippen LogP contribution is -2.50. The van der Waals surface area contributed by atoms with Gasteiger partial charge in [-0.2, -0.15) is 13.2 Å². The van der Waals surface area contributed by atoms with Gasteiger partial charge in [-0.3, -0.25) is 0 Å². The van der Waals surface area contributed by atoms with E-state index >= 15 is 0 Å². The van der Waals surface area contributed by atoms with Crippen molar-refractivity contribution < 1.29 is 32.9 Å². The van der Waals surface area contributed by atoms with Crippen molar-refractivity contribution in [2.45, 2.75) is 37.8 Å². The Balaban J connectivity index is 0.000000351. The molecule has 1 unspecified atom stereocenters. The summed E-state index contributed by atoms with van der Waals surface area (Å²) in [5, 5.41) is 20.7. The first-order chi connectivity index (χ1) is 11.1. The number of carboxylic acids is 1. The first kappa shape index (κ1) is 20.7. The SMILES string of the molecule is CC(O)[C@H]1CN[C@@H](Cc2ccc(Cl)cc2)CO1.O=C(O)C(F)(F)F. The van der Waals surface area contributed by atoms with E-state index in [1.54, 1.807) is 6.92 Å². The molecule has 9 heteroatoms. The molecule has 1 heterocycles. The molecular weight excluding hydrogens is 351 g/mol. The van der Waals surface area contributed by atoms with E-state index in [-0.39, 0.29) is 6.10 Å². The number of morpholine rings is 1. The molecule has 136 valence electrons. The molecule has 0 aromatic heterocycles. The fourth-order valence-corrected chi connectivity index (χ4v) is 2.11. The van der Waals surface area contributed by atoms with Crippen LogP contribution in [-0.4, -0.2) is 53.8 Å². The zero-order chi connectivity index (χ0) is 18.3. The van der Waals surface area contributed by atoms with Gasteiger partial charge < -0.3 is 20.3 Å². The predicted molar refractivity (Wildman–Crippen MR) is 82.1 cm³/mol. The van der Waals surface area contributed by atoms with Crippen LogP contribution >= 0.6 is 11.6 Å². The maximum absolute atomic E-state index is 10.6. The number of hydrogen-bond acceptors (Lipinski definition) is 4. The van der Waals surface area contributed by atoms with E-state index in [0.717, 1.165) is 11.4 Å². The van der Waals surface area contributed by atoms with Crippen LogP contribution < -0.4 is 5.32 Å². The van der Waals surface area contributed by atoms with Gasteiger partial charge in [0.25, 0.3) is 0 Å². The number of hydrogen-bond donors (Lipinski definition) is 3. The molecule has 0 bridgehead atoms. The van der Waals surface area contributed by atoms with Crippen LogP contribution in [-0.2, 0) is 16.0 Å². The zero-order valence-corrected chi connectivity index (χ0v) is 13.6. The summed E-state index contributed by atoms with van der Waals surface area (Å²) in [4.78, 5) is 8.90. The van der Waals surface area contributed by atoms with Crippen molar-refractivity contribution in [3.05, 3.63) is 34.9 Å². The van der Waals surface area contributed by atoms with E-state index in [1.807, 2.05) is 24.3 Å². The number of rotatable bonds is 3. The number of alkyl halides is 3. The number of ether oxygens (including phenoxy) is 1. The molecule has 3 atom stereocenters. The van der Waals surface area contributed by atoms with Gasteiger partial charge >= 0.3 is 12.1 Å². The fourth-order valence-electron chi connectivity index (χ4n) is 1.99. The van der Waals surface area contributed by atoms with E-state index < -0.39 is 18.2 Å². The number of halogens is 4. The Kier molecular flexibility index (Phi) is 7.95. The molecule has 0 amide bonds. The number of benzene rings is 1. The Morgan fingerprint density at radius 2 is 1.96 bits per heavy atom. The van der Waals surface area contributed by atoms with Gasteiger partial charge in [-0.25, -0.2) is 4.79 Å². The summed E-state index contributed by atoms with van der Waals surface area (Å²) in [7, 11) is 0. The Labute approximate surface area is 142 Å². The molecular formula is C15H19ClF3NO4. The smallest absolute Gasteiger partial charge is 0.475 e. The van der Waals surface area contributed by atoms with Crippen molar-refractivity contribution >= 4 is 17.6 Å². The van der Waals surface area contributed by atoms with Crippen LogP contribution in [0.1, 0.15) is 12.5 Å². The Bertz CT molecular complexity index is 514. The minimum Gasteiger partial charge on any atom is -0.475 e. The van der Waals surface area contributed by atoms with Crippen LogP contribution in [0.15, 0.2) is 24.3 Å². The minimum absolute atomic E-state index is 0.0866. The van der Waals surface area contributed by atoms with Crippen LogP contribution in [0.3, 0.4) is 0 Å². The molecule has 2 rings (SSSR count). The number of nitrogens with one attached hydrogen (secondary N) is 1. The van der Waals surface area contributed by atoms with E-state index in [9.17, 15) is 18.3 Å². The molecule has 0 radical (unpaired) electrons. The second kappa shape index (κ2) is 9.22. The molecule has 0 spiro atoms. The van der Waals surface area contributed by atoms with E-state index in [1.165, 1.54) is 5.56 Å². The molecule has 0 saturated carbocycles. The van der Waals surface area contributed by atoms with Gasteiger partial charge in [0.1, 0.15) is 0 Å². The molecule has 5 nitrogen and oxygen atoms in total. The van der Waals surface area contributed by atoms with Gasteiger partial charge in [0, 0.05) is 17.6 Å². The maximum Gasteiger partial charge on any atom is 0.490 e. The predicted octanol–water partition coefficient (Wildman–Crippen LogP) is 2.25. The average Bonchev–Trinajstić information content (AvgIpc) is 2.50. The third kappa shape index (κ3) is 7.48. The standard InChI is InChI=1S/C13H18ClNO2.C2HF3O2/c1-9(16)13-7-15-12(8-17-13)6-10-2-4-11(14)5-3-10;3-2(4,5)1(6)7/h2-5,9,12-13,15-16H,6-8H2,1H3;(H,6,7)/t9?,12-,13+;/m0./s1. The third-order valence-electron chi connectivity index (χ3n) is 3.30. The lowest BCUT2D eigenvalue weighted by atomic mass is 10.0. The highest BCUT2D eigenvalue weighted by Crippen LogP contribution is 2.14. The highest BCUT2D eigenvalue weighted by Gasteiger charge is 2.38. The largest absolute Gasteiger partial charge is 0.490 e. The molecule has 0 aliphatic carbocycles. The Morgan fingerprint density at radius 3 is 2.33 bits per heavy atom. The second-order valence-corrected chi connectivity index (χ2v) is 5.79. The van der Waals surface area contributed by atoms with Gasteiger partial charge in [-0.05, 0) is 31.0 Å². The number of carboxylic acid groups (broad SMARTS) is 1. The van der Waals surface area contributed by atoms with Gasteiger partial charge in [-0.15, -0.1) is 0 Å². The molecule has 1 aliphatic rings. The van der Waals surface area contributed by atoms with Gasteiger partial charge in [0.2, 0.25) is 0 Å². The molecule has 1 aromatic rings. The Hall–Kier alpha value is -1.35. The van der Waals surface area contributed by atoms with Crippen molar-refractivity contribution in [2.75, 3.05) is 13.2 Å². The van der Waals surface area contributed by atoms with E-state index in [2.05, 4.69) is 5.32 Å². The van der Waals surface area contributed by atoms with Crippen molar-refractivity contribution in [3.63, 3.8) is 0 Å². The van der Waals surface area contributed by atoms with Crippen LogP contribution in [0.5, 0.6) is 0 Å². The minimum atomic E-state index is -5.08. The number of carbonyl (C=O) groups is 1. The van der Waals surface area contributed by atoms with Crippen molar-refractivity contribution in [2.24, 2.45) is 0 Å². The maximum atomic E-state index is 10.6. The van der Waals surface area contributed by atoms with Crippen molar-refractivity contribution in [1.29, 1.82) is 0 Å². The molecule has 1 fully saturated rings. The quantitative estimate of drug-likeness (QED) is 0.761. The van der Waals surface area contributed by atoms with E-state index in [0.29, 0.717) is 19.2 Å². The van der Waals surface area contributed by atoms with Gasteiger partial charge in [-0.1, -0.05) is 23.7 Å². The van der Waals surface area contributed by atoms with Gasteiger partial charge in [0.05, 0.1) is 18.8 Å². The van der Waals surface area contributed by atoms with Crippen LogP contribution in [0.2, 0.25) is 5.02 Å². The zero-order valence-electron chi connectivity index (χ0n) is 12.9. The third-order valence-corrected chi connectivity index (χ3v) is 3.55. The summed E-state index contributed by atoms with van der Waals surface area (Å²) in [5.41, 5.74) is 1.24. The summed E-state index contributed by atoms with van der Waals surface area (Å²) < 4.78 is 37.3. The fraction of sp³-hybridized carbons (Fsp3) is 0.533. The summed E-state index contributed by atoms with van der Waals surface area (Å²) in [6, 6.07) is 8.18. The second-order valence-electron chi connectivity index (χ2n) is 5.35. The first-order valence-corrected chi connectivity index (χ1v) is 7.55. The molecule has 1 saturated heterocycles. The van der Waals surface area contributed by atoms with Crippen LogP contribution in [0.4, 0.5) is 13.2 Å². The summed E-state index contributed by atoms with van der Waals surface area (Å²) in [5.74, 6) is -2.76.